The Morgan fingerprint density at radius 1 is 0.700 bits per heavy atom. The average Bonchev–Trinajstić information content (AvgIpc) is 2.79. The van der Waals surface area contributed by atoms with Gasteiger partial charge < -0.3 is 0 Å². The molecule has 2 aromatic carbocycles. The summed E-state index contributed by atoms with van der Waals surface area (Å²) in [7, 11) is 0. The molecule has 1 aliphatic rings. The highest BCUT2D eigenvalue weighted by Gasteiger charge is 2.54. The Morgan fingerprint density at radius 3 is 1.63 bits per heavy atom. The van der Waals surface area contributed by atoms with Gasteiger partial charge in [-0.25, -0.2) is 0 Å². The number of benzene rings is 2. The highest BCUT2D eigenvalue weighted by atomic mass is 14.6. The zero-order valence-electron chi connectivity index (χ0n) is 21.0. The predicted molar refractivity (Wildman–Crippen MR) is 134 cm³/mol. The topological polar surface area (TPSA) is 0 Å². The highest BCUT2D eigenvalue weighted by molar-refractivity contribution is 5.84. The van der Waals surface area contributed by atoms with Crippen LogP contribution in [0.25, 0.3) is 10.8 Å². The summed E-state index contributed by atoms with van der Waals surface area (Å²) in [5.74, 6) is 2.89. The standard InChI is InChI=1S/C30H46/c1-9-21(5)29(22(6)10-2)19-27-17-25-15-13-14-16-26(25)18-28(27)30(20-29,23(7)11-3)24(8)12-4/h13-18,21-24H,9-12,19-20H2,1-8H3. The van der Waals surface area contributed by atoms with Crippen LogP contribution in [0.4, 0.5) is 0 Å². The molecule has 0 aliphatic heterocycles. The van der Waals surface area contributed by atoms with Crippen LogP contribution in [0.5, 0.6) is 0 Å². The number of rotatable bonds is 8. The highest BCUT2D eigenvalue weighted by Crippen LogP contribution is 2.61. The lowest BCUT2D eigenvalue weighted by Gasteiger charge is -2.58. The van der Waals surface area contributed by atoms with Crippen LogP contribution in [0.1, 0.15) is 98.6 Å². The summed E-state index contributed by atoms with van der Waals surface area (Å²) in [5.41, 5.74) is 4.01. The molecule has 0 amide bonds. The van der Waals surface area contributed by atoms with Gasteiger partial charge in [-0.1, -0.05) is 117 Å². The van der Waals surface area contributed by atoms with Crippen LogP contribution >= 0.6 is 0 Å². The molecule has 30 heavy (non-hydrogen) atoms. The lowest BCUT2D eigenvalue weighted by Crippen LogP contribution is -2.53. The van der Waals surface area contributed by atoms with E-state index in [0.717, 1.165) is 11.8 Å². The largest absolute Gasteiger partial charge is 0.0651 e. The van der Waals surface area contributed by atoms with E-state index in [1.165, 1.54) is 49.3 Å². The third-order valence-corrected chi connectivity index (χ3v) is 9.79. The van der Waals surface area contributed by atoms with Crippen LogP contribution < -0.4 is 0 Å². The maximum absolute atomic E-state index is 2.60. The molecule has 4 atom stereocenters. The molecule has 0 heterocycles. The van der Waals surface area contributed by atoms with Crippen LogP contribution in [-0.4, -0.2) is 0 Å². The van der Waals surface area contributed by atoms with Crippen molar-refractivity contribution in [2.24, 2.45) is 29.1 Å². The fourth-order valence-electron chi connectivity index (χ4n) is 7.01. The fraction of sp³-hybridized carbons (Fsp3) is 0.667. The van der Waals surface area contributed by atoms with Gasteiger partial charge in [-0.15, -0.1) is 0 Å². The molecular weight excluding hydrogens is 360 g/mol. The first-order chi connectivity index (χ1) is 14.3. The maximum atomic E-state index is 2.60. The smallest absolute Gasteiger partial charge is 0.00125 e. The molecule has 0 N–H and O–H groups in total. The molecule has 0 heteroatoms. The first-order valence-corrected chi connectivity index (χ1v) is 12.8. The van der Waals surface area contributed by atoms with Gasteiger partial charge in [0.05, 0.1) is 0 Å². The fourth-order valence-corrected chi connectivity index (χ4v) is 7.01. The van der Waals surface area contributed by atoms with Gasteiger partial charge in [-0.2, -0.15) is 0 Å². The van der Waals surface area contributed by atoms with E-state index in [0.29, 0.717) is 17.3 Å². The second-order valence-corrected chi connectivity index (χ2v) is 10.7. The van der Waals surface area contributed by atoms with Gasteiger partial charge in [0.25, 0.3) is 0 Å². The van der Waals surface area contributed by atoms with Crippen LogP contribution in [-0.2, 0) is 11.8 Å². The Balaban J connectivity index is 2.38. The first kappa shape index (κ1) is 23.4. The second-order valence-electron chi connectivity index (χ2n) is 10.7. The van der Waals surface area contributed by atoms with Crippen molar-refractivity contribution in [3.63, 3.8) is 0 Å². The number of hydrogen-bond donors (Lipinski definition) is 0. The molecule has 1 aliphatic carbocycles. The Hall–Kier alpha value is -1.30. The van der Waals surface area contributed by atoms with E-state index in [2.05, 4.69) is 91.8 Å². The molecular formula is C30H46. The molecule has 0 aromatic heterocycles. The van der Waals surface area contributed by atoms with Gasteiger partial charge in [0, 0.05) is 5.41 Å². The molecule has 0 saturated carbocycles. The van der Waals surface area contributed by atoms with Gasteiger partial charge >= 0.3 is 0 Å². The monoisotopic (exact) mass is 406 g/mol. The molecule has 3 rings (SSSR count). The molecule has 4 unspecified atom stereocenters. The van der Waals surface area contributed by atoms with Crippen molar-refractivity contribution in [2.75, 3.05) is 0 Å². The summed E-state index contributed by atoms with van der Waals surface area (Å²) >= 11 is 0. The number of fused-ring (bicyclic) bond motifs is 2. The lowest BCUT2D eigenvalue weighted by molar-refractivity contribution is -0.00986. The van der Waals surface area contributed by atoms with Crippen molar-refractivity contribution in [1.82, 2.24) is 0 Å². The normalized spacial score (nSPS) is 28.0. The Labute approximate surface area is 186 Å². The molecule has 166 valence electrons. The summed E-state index contributed by atoms with van der Waals surface area (Å²) in [4.78, 5) is 0. The molecule has 0 fully saturated rings. The van der Waals surface area contributed by atoms with Gasteiger partial charge in [0.2, 0.25) is 0 Å². The summed E-state index contributed by atoms with van der Waals surface area (Å²) in [6.07, 6.45) is 7.70. The van der Waals surface area contributed by atoms with Crippen LogP contribution in [0.15, 0.2) is 36.4 Å². The molecule has 0 saturated heterocycles. The quantitative estimate of drug-likeness (QED) is 0.410. The lowest BCUT2D eigenvalue weighted by atomic mass is 9.45. The van der Waals surface area contributed by atoms with Crippen LogP contribution in [0.2, 0.25) is 0 Å². The zero-order valence-corrected chi connectivity index (χ0v) is 21.0. The first-order valence-electron chi connectivity index (χ1n) is 12.8. The molecule has 0 radical (unpaired) electrons. The summed E-state index contributed by atoms with van der Waals surface area (Å²) in [6.45, 7) is 19.9. The van der Waals surface area contributed by atoms with Crippen LogP contribution in [0.3, 0.4) is 0 Å². The Bertz CT molecular complexity index is 824. The second kappa shape index (κ2) is 9.05. The van der Waals surface area contributed by atoms with Crippen molar-refractivity contribution in [3.05, 3.63) is 47.5 Å². The summed E-state index contributed by atoms with van der Waals surface area (Å²) < 4.78 is 0. The zero-order chi connectivity index (χ0) is 22.1. The maximum Gasteiger partial charge on any atom is 0.00125 e. The van der Waals surface area contributed by atoms with Gasteiger partial charge in [0.15, 0.2) is 0 Å². The summed E-state index contributed by atoms with van der Waals surface area (Å²) in [5, 5.41) is 2.84. The van der Waals surface area contributed by atoms with Gasteiger partial charge in [-0.3, -0.25) is 0 Å². The minimum Gasteiger partial charge on any atom is -0.0651 e. The van der Waals surface area contributed by atoms with Gasteiger partial charge in [-0.05, 0) is 63.8 Å². The van der Waals surface area contributed by atoms with Crippen LogP contribution in [0, 0.1) is 29.1 Å². The Kier molecular flexibility index (Phi) is 7.05. The predicted octanol–water partition coefficient (Wildman–Crippen LogP) is 9.19. The third kappa shape index (κ3) is 3.53. The van der Waals surface area contributed by atoms with E-state index in [9.17, 15) is 0 Å². The van der Waals surface area contributed by atoms with E-state index >= 15 is 0 Å². The van der Waals surface area contributed by atoms with E-state index < -0.39 is 0 Å². The Morgan fingerprint density at radius 2 is 1.17 bits per heavy atom. The minimum absolute atomic E-state index is 0.272. The molecule has 0 nitrogen and oxygen atoms in total. The van der Waals surface area contributed by atoms with E-state index in [1.807, 2.05) is 0 Å². The molecule has 0 bridgehead atoms. The van der Waals surface area contributed by atoms with Crippen molar-refractivity contribution in [2.45, 2.75) is 99.3 Å². The van der Waals surface area contributed by atoms with Gasteiger partial charge in [0.1, 0.15) is 0 Å². The third-order valence-electron chi connectivity index (χ3n) is 9.79. The van der Waals surface area contributed by atoms with Crippen molar-refractivity contribution in [1.29, 1.82) is 0 Å². The molecule has 2 aromatic rings. The summed E-state index contributed by atoms with van der Waals surface area (Å²) in [6, 6.07) is 14.2. The SMILES string of the molecule is CCC(C)C1(C(C)CC)Cc2cc3ccccc3cc2C(C(C)CC)(C(C)CC)C1. The minimum atomic E-state index is 0.272. The van der Waals surface area contributed by atoms with Crippen molar-refractivity contribution in [3.8, 4) is 0 Å². The molecule has 0 spiro atoms. The van der Waals surface area contributed by atoms with Crippen molar-refractivity contribution < 1.29 is 0 Å². The van der Waals surface area contributed by atoms with E-state index in [1.54, 1.807) is 11.1 Å². The van der Waals surface area contributed by atoms with Crippen molar-refractivity contribution >= 4 is 10.8 Å². The number of hydrogen-bond acceptors (Lipinski definition) is 0. The average molecular weight is 407 g/mol. The van der Waals surface area contributed by atoms with E-state index in [-0.39, 0.29) is 5.41 Å². The van der Waals surface area contributed by atoms with E-state index in [4.69, 9.17) is 0 Å².